The summed E-state index contributed by atoms with van der Waals surface area (Å²) in [5.74, 6) is -3.75. The number of halogens is 2. The molecule has 2 aromatic rings. The summed E-state index contributed by atoms with van der Waals surface area (Å²) in [5.41, 5.74) is -2.28. The number of hydrogen-bond donors (Lipinski definition) is 0. The van der Waals surface area contributed by atoms with E-state index in [9.17, 15) is 10.5 Å². The second-order valence-electron chi connectivity index (χ2n) is 5.64. The maximum Gasteiger partial charge on any atom is 0.284 e. The van der Waals surface area contributed by atoms with Crippen LogP contribution >= 0.6 is 22.7 Å². The number of thiophene rings is 2. The van der Waals surface area contributed by atoms with Gasteiger partial charge in [-0.15, -0.1) is 22.7 Å². The maximum absolute atomic E-state index is 15.2. The zero-order valence-corrected chi connectivity index (χ0v) is 15.6. The van der Waals surface area contributed by atoms with E-state index in [0.29, 0.717) is 5.56 Å². The summed E-state index contributed by atoms with van der Waals surface area (Å²) in [7, 11) is 0. The minimum atomic E-state index is -3.75. The predicted octanol–water partition coefficient (Wildman–Crippen LogP) is 6.05. The van der Waals surface area contributed by atoms with Gasteiger partial charge >= 0.3 is 0 Å². The lowest BCUT2D eigenvalue weighted by Gasteiger charge is -2.16. The standard InChI is InChI=1S/C19H8F2N4S2/c1-9-5-6-13(26-9)17-10(2)14-15(11(7-22)24-3)19(20,21)16(18(14)27-17)12(8-23)25-4/h5-6H,1-2H3/b15-11+,16-12+. The van der Waals surface area contributed by atoms with Gasteiger partial charge in [0.2, 0.25) is 0 Å². The van der Waals surface area contributed by atoms with Crippen molar-refractivity contribution < 1.29 is 8.78 Å². The molecule has 27 heavy (non-hydrogen) atoms. The molecule has 0 unspecified atom stereocenters. The lowest BCUT2D eigenvalue weighted by atomic mass is 10.0. The summed E-state index contributed by atoms with van der Waals surface area (Å²) in [6.07, 6.45) is 0. The highest BCUT2D eigenvalue weighted by atomic mass is 32.1. The van der Waals surface area contributed by atoms with Crippen molar-refractivity contribution in [1.29, 1.82) is 10.5 Å². The first-order chi connectivity index (χ1) is 12.8. The average molecular weight is 394 g/mol. The number of rotatable bonds is 1. The number of nitriles is 2. The van der Waals surface area contributed by atoms with Crippen molar-refractivity contribution in [2.75, 3.05) is 0 Å². The Morgan fingerprint density at radius 2 is 1.59 bits per heavy atom. The summed E-state index contributed by atoms with van der Waals surface area (Å²) in [4.78, 5) is 8.66. The Morgan fingerprint density at radius 3 is 2.07 bits per heavy atom. The normalized spacial score (nSPS) is 17.9. The molecule has 0 spiro atoms. The van der Waals surface area contributed by atoms with Gasteiger partial charge in [0.1, 0.15) is 0 Å². The van der Waals surface area contributed by atoms with Gasteiger partial charge in [0.05, 0.1) is 36.4 Å². The molecule has 0 saturated heterocycles. The molecule has 0 bridgehead atoms. The zero-order valence-electron chi connectivity index (χ0n) is 14.0. The zero-order chi connectivity index (χ0) is 19.9. The number of alkyl halides is 2. The first-order valence-electron chi connectivity index (χ1n) is 7.45. The molecule has 0 saturated carbocycles. The van der Waals surface area contributed by atoms with Crippen LogP contribution in [0.1, 0.15) is 20.9 Å². The summed E-state index contributed by atoms with van der Waals surface area (Å²) < 4.78 is 30.3. The van der Waals surface area contributed by atoms with E-state index in [2.05, 4.69) is 9.69 Å². The molecule has 0 N–H and O–H groups in total. The van der Waals surface area contributed by atoms with Gasteiger partial charge in [-0.2, -0.15) is 8.78 Å². The van der Waals surface area contributed by atoms with Crippen molar-refractivity contribution in [2.24, 2.45) is 0 Å². The van der Waals surface area contributed by atoms with Crippen LogP contribution in [0.3, 0.4) is 0 Å². The summed E-state index contributed by atoms with van der Waals surface area (Å²) in [5, 5.41) is 18.4. The van der Waals surface area contributed by atoms with Gasteiger partial charge in [-0.1, -0.05) is 0 Å². The molecule has 0 amide bonds. The fourth-order valence-electron chi connectivity index (χ4n) is 3.00. The molecule has 1 aliphatic carbocycles. The summed E-state index contributed by atoms with van der Waals surface area (Å²) >= 11 is 2.55. The smallest absolute Gasteiger partial charge is 0.226 e. The van der Waals surface area contributed by atoms with Crippen LogP contribution in [0.5, 0.6) is 0 Å². The highest BCUT2D eigenvalue weighted by molar-refractivity contribution is 7.23. The van der Waals surface area contributed by atoms with Crippen molar-refractivity contribution >= 4 is 33.8 Å². The number of allylic oxidation sites excluding steroid dienone is 4. The second kappa shape index (κ2) is 6.45. The lowest BCUT2D eigenvalue weighted by molar-refractivity contribution is 0.138. The molecule has 2 aromatic heterocycles. The lowest BCUT2D eigenvalue weighted by Crippen LogP contribution is -2.16. The van der Waals surface area contributed by atoms with Crippen molar-refractivity contribution in [2.45, 2.75) is 19.8 Å². The van der Waals surface area contributed by atoms with Gasteiger partial charge in [0.25, 0.3) is 17.3 Å². The van der Waals surface area contributed by atoms with Crippen LogP contribution in [-0.4, -0.2) is 5.92 Å². The third-order valence-corrected chi connectivity index (χ3v) is 6.61. The van der Waals surface area contributed by atoms with E-state index in [1.807, 2.05) is 19.1 Å². The largest absolute Gasteiger partial charge is 0.284 e. The summed E-state index contributed by atoms with van der Waals surface area (Å²) in [6.45, 7) is 17.8. The minimum Gasteiger partial charge on any atom is -0.226 e. The van der Waals surface area contributed by atoms with E-state index in [4.69, 9.17) is 13.1 Å². The van der Waals surface area contributed by atoms with Crippen molar-refractivity contribution in [1.82, 2.24) is 0 Å². The molecule has 130 valence electrons. The fraction of sp³-hybridized carbons (Fsp3) is 0.158. The molecule has 4 nitrogen and oxygen atoms in total. The number of fused-ring (bicyclic) bond motifs is 1. The molecule has 0 atom stereocenters. The first-order valence-corrected chi connectivity index (χ1v) is 9.08. The monoisotopic (exact) mass is 394 g/mol. The fourth-order valence-corrected chi connectivity index (χ4v) is 5.43. The number of aryl methyl sites for hydroxylation is 1. The number of nitrogens with zero attached hydrogens (tertiary/aromatic N) is 4. The van der Waals surface area contributed by atoms with Gasteiger partial charge in [-0.05, 0) is 37.1 Å². The third-order valence-electron chi connectivity index (χ3n) is 4.12. The van der Waals surface area contributed by atoms with Gasteiger partial charge in [-0.25, -0.2) is 20.2 Å². The van der Waals surface area contributed by atoms with Crippen molar-refractivity contribution in [3.8, 4) is 21.9 Å². The molecule has 3 rings (SSSR count). The van der Waals surface area contributed by atoms with Crippen LogP contribution in [0, 0.1) is 49.7 Å². The second-order valence-corrected chi connectivity index (χ2v) is 7.95. The van der Waals surface area contributed by atoms with Crippen LogP contribution in [0.25, 0.3) is 30.6 Å². The topological polar surface area (TPSA) is 56.3 Å². The molecule has 1 aliphatic rings. The van der Waals surface area contributed by atoms with E-state index in [1.54, 1.807) is 6.92 Å². The minimum absolute atomic E-state index is 0.0810. The van der Waals surface area contributed by atoms with Crippen LogP contribution in [-0.2, 0) is 0 Å². The Labute approximate surface area is 162 Å². The van der Waals surface area contributed by atoms with E-state index in [-0.39, 0.29) is 10.4 Å². The Hall–Kier alpha value is -3.30. The van der Waals surface area contributed by atoms with Gasteiger partial charge in [0, 0.05) is 19.5 Å². The van der Waals surface area contributed by atoms with Gasteiger partial charge in [0.15, 0.2) is 0 Å². The molecule has 0 radical (unpaired) electrons. The van der Waals surface area contributed by atoms with Gasteiger partial charge < -0.3 is 0 Å². The Bertz CT molecular complexity index is 1180. The van der Waals surface area contributed by atoms with Crippen LogP contribution in [0.4, 0.5) is 8.78 Å². The molecule has 8 heteroatoms. The highest BCUT2D eigenvalue weighted by Crippen LogP contribution is 2.60. The molecular formula is C19H8F2N4S2. The predicted molar refractivity (Wildman–Crippen MR) is 100 cm³/mol. The molecule has 0 aliphatic heterocycles. The Balaban J connectivity index is 2.50. The van der Waals surface area contributed by atoms with Gasteiger partial charge in [-0.3, -0.25) is 0 Å². The summed E-state index contributed by atoms with van der Waals surface area (Å²) in [6, 6.07) is 6.85. The quantitative estimate of drug-likeness (QED) is 0.437. The molecule has 2 heterocycles. The van der Waals surface area contributed by atoms with Crippen LogP contribution in [0.2, 0.25) is 0 Å². The average Bonchev–Trinajstić information content (AvgIpc) is 3.26. The van der Waals surface area contributed by atoms with Crippen molar-refractivity contribution in [3.63, 3.8) is 0 Å². The van der Waals surface area contributed by atoms with E-state index in [0.717, 1.165) is 26.0 Å². The molecule has 0 fully saturated rings. The first kappa shape index (κ1) is 18.5. The SMILES string of the molecule is [C-]#[N+]/C(C#N)=C1\c2sc(-c3ccc(C)s3)c(C)c2/C(=C(/C#N)[N+]#[C-])C1(F)F. The van der Waals surface area contributed by atoms with E-state index < -0.39 is 28.5 Å². The van der Waals surface area contributed by atoms with Crippen LogP contribution in [0.15, 0.2) is 23.5 Å². The Morgan fingerprint density at radius 1 is 1.00 bits per heavy atom. The highest BCUT2D eigenvalue weighted by Gasteiger charge is 2.53. The molecular weight excluding hydrogens is 386 g/mol. The van der Waals surface area contributed by atoms with E-state index in [1.165, 1.54) is 23.5 Å². The van der Waals surface area contributed by atoms with Crippen LogP contribution < -0.4 is 0 Å². The molecule has 0 aromatic carbocycles. The maximum atomic E-state index is 15.2. The van der Waals surface area contributed by atoms with Crippen molar-refractivity contribution in [3.05, 3.63) is 67.2 Å². The third kappa shape index (κ3) is 2.56. The Kier molecular flexibility index (Phi) is 4.42. The number of hydrogen-bond acceptors (Lipinski definition) is 4. The van der Waals surface area contributed by atoms with E-state index >= 15 is 8.78 Å².